The summed E-state index contributed by atoms with van der Waals surface area (Å²) in [6.07, 6.45) is 8.45. The smallest absolute Gasteiger partial charge is 0.298 e. The molecule has 34 heavy (non-hydrogen) atoms. The van der Waals surface area contributed by atoms with Crippen molar-refractivity contribution in [3.05, 3.63) is 49.2 Å². The van der Waals surface area contributed by atoms with E-state index in [2.05, 4.69) is 36.0 Å². The van der Waals surface area contributed by atoms with Crippen LogP contribution in [-0.4, -0.2) is 49.9 Å². The number of H-pyrrole nitrogens is 1. The van der Waals surface area contributed by atoms with Gasteiger partial charge in [-0.2, -0.15) is 15.3 Å². The SMILES string of the molecule is COc1cccc2nc(N3CCC(C(CC#N)n4cc(-c5ncnc6[nH]ccc56)cn4)C3)oc12. The number of fused-ring (bicyclic) bond motifs is 2. The first-order chi connectivity index (χ1) is 16.7. The van der Waals surface area contributed by atoms with Crippen molar-refractivity contribution in [1.29, 1.82) is 5.26 Å². The van der Waals surface area contributed by atoms with Crippen LogP contribution in [0.4, 0.5) is 6.01 Å². The summed E-state index contributed by atoms with van der Waals surface area (Å²) in [6.45, 7) is 1.53. The van der Waals surface area contributed by atoms with Crippen molar-refractivity contribution < 1.29 is 9.15 Å². The molecular weight excluding hydrogens is 432 g/mol. The molecule has 1 aromatic carbocycles. The molecule has 0 spiro atoms. The minimum absolute atomic E-state index is 0.0637. The normalized spacial score (nSPS) is 16.8. The van der Waals surface area contributed by atoms with E-state index in [-0.39, 0.29) is 12.0 Å². The minimum Gasteiger partial charge on any atom is -0.493 e. The maximum atomic E-state index is 9.56. The zero-order chi connectivity index (χ0) is 23.1. The second-order valence-corrected chi connectivity index (χ2v) is 8.40. The Morgan fingerprint density at radius 1 is 1.32 bits per heavy atom. The number of para-hydroxylation sites is 1. The van der Waals surface area contributed by atoms with Crippen LogP contribution in [0.2, 0.25) is 0 Å². The van der Waals surface area contributed by atoms with Gasteiger partial charge in [-0.25, -0.2) is 9.97 Å². The summed E-state index contributed by atoms with van der Waals surface area (Å²) < 4.78 is 13.4. The van der Waals surface area contributed by atoms with E-state index >= 15 is 0 Å². The van der Waals surface area contributed by atoms with Crippen LogP contribution < -0.4 is 9.64 Å². The summed E-state index contributed by atoms with van der Waals surface area (Å²) >= 11 is 0. The third-order valence-corrected chi connectivity index (χ3v) is 6.50. The van der Waals surface area contributed by atoms with Crippen molar-refractivity contribution in [2.45, 2.75) is 18.9 Å². The highest BCUT2D eigenvalue weighted by molar-refractivity contribution is 5.90. The monoisotopic (exact) mass is 454 g/mol. The molecule has 5 aromatic rings. The third kappa shape index (κ3) is 3.33. The summed E-state index contributed by atoms with van der Waals surface area (Å²) in [6, 6.07) is 10.5. The Morgan fingerprint density at radius 3 is 3.15 bits per heavy atom. The molecule has 0 aliphatic carbocycles. The summed E-state index contributed by atoms with van der Waals surface area (Å²) in [5.41, 5.74) is 3.92. The molecule has 1 N–H and O–H groups in total. The Bertz CT molecular complexity index is 1510. The van der Waals surface area contributed by atoms with Crippen molar-refractivity contribution in [3.8, 4) is 23.1 Å². The van der Waals surface area contributed by atoms with Crippen LogP contribution in [0.5, 0.6) is 5.75 Å². The van der Waals surface area contributed by atoms with E-state index in [1.165, 1.54) is 0 Å². The fourth-order valence-electron chi connectivity index (χ4n) is 4.80. The molecular formula is C24H22N8O2. The number of methoxy groups -OCH3 is 1. The molecule has 170 valence electrons. The van der Waals surface area contributed by atoms with Gasteiger partial charge in [-0.3, -0.25) is 4.68 Å². The minimum atomic E-state index is -0.0637. The van der Waals surface area contributed by atoms with Crippen molar-refractivity contribution in [2.24, 2.45) is 5.92 Å². The van der Waals surface area contributed by atoms with Gasteiger partial charge in [0, 0.05) is 42.4 Å². The van der Waals surface area contributed by atoms with E-state index in [0.717, 1.165) is 47.3 Å². The maximum Gasteiger partial charge on any atom is 0.298 e. The Balaban J connectivity index is 1.26. The summed E-state index contributed by atoms with van der Waals surface area (Å²) in [5, 5.41) is 15.1. The number of ether oxygens (including phenoxy) is 1. The zero-order valence-corrected chi connectivity index (χ0v) is 18.5. The number of anilines is 1. The molecule has 5 heterocycles. The molecule has 1 fully saturated rings. The van der Waals surface area contributed by atoms with E-state index in [9.17, 15) is 5.26 Å². The number of nitrogens with one attached hydrogen (secondary N) is 1. The molecule has 0 saturated carbocycles. The number of nitrogens with zero attached hydrogens (tertiary/aromatic N) is 7. The molecule has 1 aliphatic rings. The summed E-state index contributed by atoms with van der Waals surface area (Å²) in [5.74, 6) is 0.890. The van der Waals surface area contributed by atoms with Gasteiger partial charge in [0.15, 0.2) is 11.3 Å². The second kappa shape index (κ2) is 8.19. The van der Waals surface area contributed by atoms with Crippen LogP contribution in [0.15, 0.2) is 53.6 Å². The van der Waals surface area contributed by atoms with Gasteiger partial charge in [-0.15, -0.1) is 0 Å². The van der Waals surface area contributed by atoms with Gasteiger partial charge >= 0.3 is 0 Å². The number of hydrogen-bond donors (Lipinski definition) is 1. The number of oxazole rings is 1. The van der Waals surface area contributed by atoms with Gasteiger partial charge in [-0.1, -0.05) is 6.07 Å². The van der Waals surface area contributed by atoms with Gasteiger partial charge < -0.3 is 19.0 Å². The molecule has 10 nitrogen and oxygen atoms in total. The molecule has 2 unspecified atom stereocenters. The fraction of sp³-hybridized carbons (Fsp3) is 0.292. The fourth-order valence-corrected chi connectivity index (χ4v) is 4.80. The van der Waals surface area contributed by atoms with E-state index in [1.54, 1.807) is 19.6 Å². The molecule has 2 atom stereocenters. The molecule has 4 aromatic heterocycles. The summed E-state index contributed by atoms with van der Waals surface area (Å²) in [4.78, 5) is 18.6. The largest absolute Gasteiger partial charge is 0.493 e. The highest BCUT2D eigenvalue weighted by Gasteiger charge is 2.33. The van der Waals surface area contributed by atoms with Crippen LogP contribution in [0, 0.1) is 17.2 Å². The number of nitriles is 1. The number of hydrogen-bond acceptors (Lipinski definition) is 8. The van der Waals surface area contributed by atoms with Gasteiger partial charge in [0.1, 0.15) is 17.5 Å². The van der Waals surface area contributed by atoms with Crippen LogP contribution in [-0.2, 0) is 0 Å². The second-order valence-electron chi connectivity index (χ2n) is 8.40. The summed E-state index contributed by atoms with van der Waals surface area (Å²) in [7, 11) is 1.62. The molecule has 6 rings (SSSR count). The predicted molar refractivity (Wildman–Crippen MR) is 125 cm³/mol. The Labute approximate surface area is 194 Å². The quantitative estimate of drug-likeness (QED) is 0.409. The van der Waals surface area contributed by atoms with Crippen LogP contribution in [0.3, 0.4) is 0 Å². The van der Waals surface area contributed by atoms with Gasteiger partial charge in [0.2, 0.25) is 0 Å². The standard InChI is InChI=1S/C24H22N8O2/c1-33-20-4-2-3-18-22(20)34-24(30-18)31-10-7-15(12-31)19(5-8-25)32-13-16(11-29-32)21-17-6-9-26-23(17)28-14-27-21/h2-4,6,9,11,13-15,19H,5,7,10,12H2,1H3,(H,26,27,28). The van der Waals surface area contributed by atoms with Crippen molar-refractivity contribution in [3.63, 3.8) is 0 Å². The van der Waals surface area contributed by atoms with Crippen molar-refractivity contribution in [2.75, 3.05) is 25.1 Å². The maximum absolute atomic E-state index is 9.56. The van der Waals surface area contributed by atoms with Gasteiger partial charge in [-0.05, 0) is 24.6 Å². The lowest BCUT2D eigenvalue weighted by atomic mass is 9.96. The Morgan fingerprint density at radius 2 is 2.26 bits per heavy atom. The topological polar surface area (TPSA) is 122 Å². The first-order valence-electron chi connectivity index (χ1n) is 11.1. The highest BCUT2D eigenvalue weighted by atomic mass is 16.5. The lowest BCUT2D eigenvalue weighted by molar-refractivity contribution is 0.331. The molecule has 0 radical (unpaired) electrons. The lowest BCUT2D eigenvalue weighted by Crippen LogP contribution is -2.25. The Kier molecular flexibility index (Phi) is 4.87. The number of aromatic amines is 1. The van der Waals surface area contributed by atoms with Crippen molar-refractivity contribution >= 4 is 28.1 Å². The average molecular weight is 454 g/mol. The van der Waals surface area contributed by atoms with E-state index in [1.807, 2.05) is 41.3 Å². The van der Waals surface area contributed by atoms with Crippen LogP contribution >= 0.6 is 0 Å². The molecule has 1 saturated heterocycles. The first-order valence-corrected chi connectivity index (χ1v) is 11.1. The van der Waals surface area contributed by atoms with Crippen LogP contribution in [0.25, 0.3) is 33.4 Å². The number of benzene rings is 1. The van der Waals surface area contributed by atoms with E-state index in [4.69, 9.17) is 9.15 Å². The first kappa shape index (κ1) is 20.2. The molecule has 0 bridgehead atoms. The number of aromatic nitrogens is 6. The van der Waals surface area contributed by atoms with Crippen molar-refractivity contribution in [1.82, 2.24) is 29.7 Å². The van der Waals surface area contributed by atoms with E-state index < -0.39 is 0 Å². The lowest BCUT2D eigenvalue weighted by Gasteiger charge is -2.22. The molecule has 10 heteroatoms. The predicted octanol–water partition coefficient (Wildman–Crippen LogP) is 3.95. The highest BCUT2D eigenvalue weighted by Crippen LogP contribution is 2.36. The average Bonchev–Trinajstić information content (AvgIpc) is 3.67. The van der Waals surface area contributed by atoms with Crippen LogP contribution in [0.1, 0.15) is 18.9 Å². The van der Waals surface area contributed by atoms with Gasteiger partial charge in [0.05, 0.1) is 37.5 Å². The number of rotatable bonds is 6. The van der Waals surface area contributed by atoms with E-state index in [0.29, 0.717) is 23.8 Å². The zero-order valence-electron chi connectivity index (χ0n) is 18.5. The molecule has 1 aliphatic heterocycles. The third-order valence-electron chi connectivity index (χ3n) is 6.50. The molecule has 0 amide bonds. The van der Waals surface area contributed by atoms with Gasteiger partial charge in [0.25, 0.3) is 6.01 Å². The Hall–Kier alpha value is -4.39.